The van der Waals surface area contributed by atoms with Crippen molar-refractivity contribution < 1.29 is 19.4 Å². The number of rotatable bonds is 2. The van der Waals surface area contributed by atoms with Crippen LogP contribution in [0.2, 0.25) is 0 Å². The van der Waals surface area contributed by atoms with Crippen LogP contribution in [0.3, 0.4) is 0 Å². The van der Waals surface area contributed by atoms with Crippen LogP contribution in [0.25, 0.3) is 3.31 Å². The Kier molecular flexibility index (Phi) is 4.54. The molecule has 1 nitrogen and oxygen atoms in total. The van der Waals surface area contributed by atoms with Crippen molar-refractivity contribution in [1.82, 2.24) is 0 Å². The zero-order chi connectivity index (χ0) is 12.3. The first-order chi connectivity index (χ1) is 7.51. The van der Waals surface area contributed by atoms with Gasteiger partial charge in [-0.05, 0) is 0 Å². The first-order valence-electron chi connectivity index (χ1n) is 5.49. The molecule has 83 valence electrons. The van der Waals surface area contributed by atoms with Gasteiger partial charge < -0.3 is 0 Å². The molecule has 2 heteroatoms. The summed E-state index contributed by atoms with van der Waals surface area (Å²) in [5.41, 5.74) is 4.59. The van der Waals surface area contributed by atoms with Gasteiger partial charge in [0.05, 0.1) is 0 Å². The van der Waals surface area contributed by atoms with E-state index in [4.69, 9.17) is 6.42 Å². The molecule has 0 saturated heterocycles. The molecule has 0 aromatic heterocycles. The average Bonchev–Trinajstić information content (AvgIpc) is 2.26. The number of benzene rings is 1. The van der Waals surface area contributed by atoms with E-state index in [1.165, 1.54) is 11.1 Å². The molecule has 16 heavy (non-hydrogen) atoms. The van der Waals surface area contributed by atoms with Gasteiger partial charge >= 0.3 is 109 Å². The summed E-state index contributed by atoms with van der Waals surface area (Å²) in [6, 6.07) is 4.17. The molecular formula is C14H17MoN+. The molecule has 0 aliphatic rings. The molecule has 0 saturated carbocycles. The molecule has 0 spiro atoms. The van der Waals surface area contributed by atoms with E-state index in [1.54, 1.807) is 19.4 Å². The number of nitrogens with zero attached hydrogens (tertiary/aromatic N) is 1. The summed E-state index contributed by atoms with van der Waals surface area (Å²) >= 11 is 1.78. The molecule has 0 atom stereocenters. The summed E-state index contributed by atoms with van der Waals surface area (Å²) in [7, 11) is 0. The molecule has 0 fully saturated rings. The SMILES string of the molecule is C#Cc1cc(C(C)C)c([N+]#[Mo])c(C(C)C)c1. The topological polar surface area (TPSA) is 4.36 Å². The van der Waals surface area contributed by atoms with Crippen molar-refractivity contribution in [2.45, 2.75) is 39.5 Å². The van der Waals surface area contributed by atoms with Crippen LogP contribution in [0.1, 0.15) is 56.2 Å². The molecule has 0 aliphatic heterocycles. The fraction of sp³-hybridized carbons (Fsp3) is 0.429. The summed E-state index contributed by atoms with van der Waals surface area (Å²) in [6.07, 6.45) is 5.50. The molecule has 1 aromatic rings. The number of hydrogen-bond donors (Lipinski definition) is 0. The van der Waals surface area contributed by atoms with E-state index in [1.807, 2.05) is 0 Å². The Morgan fingerprint density at radius 1 is 1.12 bits per heavy atom. The standard InChI is InChI=1S/C14H17N.Mo/c1-6-11-7-12(9(2)3)14(15)13(8-11)10(4)5;/h1,7-10H,2-5H3;/q+1;. The molecular weight excluding hydrogens is 278 g/mol. The number of terminal acetylenes is 1. The van der Waals surface area contributed by atoms with Crippen molar-refractivity contribution in [3.05, 3.63) is 32.1 Å². The van der Waals surface area contributed by atoms with Gasteiger partial charge in [0.2, 0.25) is 0 Å². The van der Waals surface area contributed by atoms with Crippen molar-refractivity contribution in [2.75, 3.05) is 0 Å². The normalized spacial score (nSPS) is 10.2. The van der Waals surface area contributed by atoms with Crippen molar-refractivity contribution in [1.29, 1.82) is 0 Å². The Morgan fingerprint density at radius 3 is 1.81 bits per heavy atom. The maximum atomic E-state index is 5.50. The Morgan fingerprint density at radius 2 is 1.56 bits per heavy atom. The second-order valence-corrected chi connectivity index (χ2v) is 5.00. The molecule has 0 heterocycles. The third-order valence-electron chi connectivity index (χ3n) is 2.67. The van der Waals surface area contributed by atoms with Crippen LogP contribution in [-0.4, -0.2) is 0 Å². The van der Waals surface area contributed by atoms with Crippen LogP contribution in [0, 0.1) is 12.3 Å². The predicted molar refractivity (Wildman–Crippen MR) is 65.6 cm³/mol. The third kappa shape index (κ3) is 2.65. The fourth-order valence-corrected chi connectivity index (χ4v) is 2.27. The summed E-state index contributed by atoms with van der Waals surface area (Å²) in [5.74, 6) is 3.63. The average molecular weight is 295 g/mol. The Hall–Kier alpha value is -0.822. The van der Waals surface area contributed by atoms with Gasteiger partial charge in [-0.25, -0.2) is 0 Å². The van der Waals surface area contributed by atoms with E-state index in [0.717, 1.165) is 11.3 Å². The molecule has 0 amide bonds. The molecule has 0 N–H and O–H groups in total. The van der Waals surface area contributed by atoms with E-state index in [0.29, 0.717) is 11.8 Å². The quantitative estimate of drug-likeness (QED) is 0.563. The minimum absolute atomic E-state index is 0.450. The Balaban J connectivity index is 3.56. The zero-order valence-electron chi connectivity index (χ0n) is 10.2. The molecule has 1 rings (SSSR count). The third-order valence-corrected chi connectivity index (χ3v) is 3.12. The van der Waals surface area contributed by atoms with Crippen LogP contribution < -0.4 is 0 Å². The van der Waals surface area contributed by atoms with Crippen LogP contribution in [0.15, 0.2) is 12.1 Å². The van der Waals surface area contributed by atoms with E-state index in [-0.39, 0.29) is 0 Å². The molecule has 0 bridgehead atoms. The van der Waals surface area contributed by atoms with Gasteiger partial charge in [0.15, 0.2) is 0 Å². The van der Waals surface area contributed by atoms with E-state index in [2.05, 4.69) is 49.1 Å². The summed E-state index contributed by atoms with van der Waals surface area (Å²) in [4.78, 5) is 0. The first-order valence-corrected chi connectivity index (χ1v) is 6.38. The zero-order valence-corrected chi connectivity index (χ0v) is 12.2. The maximum absolute atomic E-state index is 5.50. The second-order valence-electron chi connectivity index (χ2n) is 4.55. The predicted octanol–water partition coefficient (Wildman–Crippen LogP) is 4.38. The fourth-order valence-electron chi connectivity index (χ4n) is 1.75. The second kappa shape index (κ2) is 5.49. The van der Waals surface area contributed by atoms with Gasteiger partial charge in [0.25, 0.3) is 0 Å². The molecule has 0 aliphatic carbocycles. The van der Waals surface area contributed by atoms with Crippen molar-refractivity contribution >= 4 is 5.69 Å². The summed E-state index contributed by atoms with van der Waals surface area (Å²) in [6.45, 7) is 8.70. The number of hydrogen-bond acceptors (Lipinski definition) is 0. The van der Waals surface area contributed by atoms with Gasteiger partial charge in [0.1, 0.15) is 0 Å². The van der Waals surface area contributed by atoms with Crippen LogP contribution in [-0.2, 0) is 19.4 Å². The molecule has 1 aromatic carbocycles. The van der Waals surface area contributed by atoms with E-state index in [9.17, 15) is 0 Å². The molecule has 0 radical (unpaired) electrons. The molecule has 0 unspecified atom stereocenters. The Labute approximate surface area is 109 Å². The van der Waals surface area contributed by atoms with Crippen LogP contribution in [0.4, 0.5) is 5.69 Å². The van der Waals surface area contributed by atoms with Gasteiger partial charge in [-0.2, -0.15) is 0 Å². The van der Waals surface area contributed by atoms with Gasteiger partial charge in [-0.15, -0.1) is 0 Å². The first kappa shape index (κ1) is 13.2. The Bertz CT molecular complexity index is 443. The van der Waals surface area contributed by atoms with E-state index < -0.39 is 0 Å². The van der Waals surface area contributed by atoms with Crippen molar-refractivity contribution in [3.63, 3.8) is 0 Å². The van der Waals surface area contributed by atoms with E-state index >= 15 is 0 Å². The summed E-state index contributed by atoms with van der Waals surface area (Å²) in [5, 5.41) is 0. The summed E-state index contributed by atoms with van der Waals surface area (Å²) < 4.78 is 4.43. The monoisotopic (exact) mass is 297 g/mol. The van der Waals surface area contributed by atoms with Gasteiger partial charge in [-0.1, -0.05) is 0 Å². The van der Waals surface area contributed by atoms with Crippen LogP contribution >= 0.6 is 0 Å². The minimum atomic E-state index is 0.450. The van der Waals surface area contributed by atoms with Crippen molar-refractivity contribution in [3.8, 4) is 12.3 Å². The van der Waals surface area contributed by atoms with Gasteiger partial charge in [0, 0.05) is 0 Å². The van der Waals surface area contributed by atoms with Crippen LogP contribution in [0.5, 0.6) is 0 Å². The van der Waals surface area contributed by atoms with Gasteiger partial charge in [-0.3, -0.25) is 0 Å². The van der Waals surface area contributed by atoms with Crippen molar-refractivity contribution in [2.24, 2.45) is 0 Å².